The van der Waals surface area contributed by atoms with Gasteiger partial charge in [-0.1, -0.05) is 20.8 Å². The molecule has 0 bridgehead atoms. The topological polar surface area (TPSA) is 35.2 Å². The van der Waals surface area contributed by atoms with Crippen LogP contribution >= 0.6 is 12.4 Å². The van der Waals surface area contributed by atoms with Crippen molar-refractivity contribution in [3.05, 3.63) is 0 Å². The van der Waals surface area contributed by atoms with Gasteiger partial charge in [0, 0.05) is 0 Å². The van der Waals surface area contributed by atoms with Crippen LogP contribution in [-0.2, 0) is 4.74 Å². The van der Waals surface area contributed by atoms with E-state index >= 15 is 0 Å². The highest BCUT2D eigenvalue weighted by molar-refractivity contribution is 5.85. The summed E-state index contributed by atoms with van der Waals surface area (Å²) in [5, 5.41) is 0. The van der Waals surface area contributed by atoms with Crippen LogP contribution in [0.1, 0.15) is 40.0 Å². The lowest BCUT2D eigenvalue weighted by atomic mass is 9.94. The summed E-state index contributed by atoms with van der Waals surface area (Å²) in [6.45, 7) is 6.77. The van der Waals surface area contributed by atoms with Gasteiger partial charge in [0.1, 0.15) is 0 Å². The Morgan fingerprint density at radius 1 is 1.09 bits per heavy atom. The molecule has 0 aliphatic carbocycles. The maximum Gasteiger partial charge on any atom is 0.0947 e. The first-order valence-electron chi connectivity index (χ1n) is 4.08. The highest BCUT2D eigenvalue weighted by Crippen LogP contribution is 2.23. The Morgan fingerprint density at radius 2 is 1.45 bits per heavy atom. The van der Waals surface area contributed by atoms with Crippen molar-refractivity contribution in [2.75, 3.05) is 6.73 Å². The Kier molecular flexibility index (Phi) is 8.63. The summed E-state index contributed by atoms with van der Waals surface area (Å²) in [5.74, 6) is 0. The molecular weight excluding hydrogens is 162 g/mol. The molecule has 3 heteroatoms. The van der Waals surface area contributed by atoms with Gasteiger partial charge in [-0.15, -0.1) is 12.4 Å². The van der Waals surface area contributed by atoms with Gasteiger partial charge >= 0.3 is 0 Å². The minimum atomic E-state index is 0. The van der Waals surface area contributed by atoms with E-state index in [0.29, 0.717) is 6.73 Å². The van der Waals surface area contributed by atoms with E-state index in [2.05, 4.69) is 20.8 Å². The number of rotatable bonds is 5. The van der Waals surface area contributed by atoms with E-state index in [4.69, 9.17) is 10.5 Å². The van der Waals surface area contributed by atoms with Crippen molar-refractivity contribution in [1.29, 1.82) is 0 Å². The van der Waals surface area contributed by atoms with E-state index in [1.807, 2.05) is 0 Å². The summed E-state index contributed by atoms with van der Waals surface area (Å²) in [7, 11) is 0. The minimum absolute atomic E-state index is 0. The fourth-order valence-corrected chi connectivity index (χ4v) is 1.23. The van der Waals surface area contributed by atoms with Crippen LogP contribution in [0, 0.1) is 0 Å². The van der Waals surface area contributed by atoms with Gasteiger partial charge in [0.15, 0.2) is 0 Å². The van der Waals surface area contributed by atoms with E-state index in [-0.39, 0.29) is 18.0 Å². The number of nitrogens with two attached hydrogens (primary N) is 1. The molecule has 0 unspecified atom stereocenters. The average molecular weight is 182 g/mol. The molecule has 0 fully saturated rings. The van der Waals surface area contributed by atoms with Crippen LogP contribution in [-0.4, -0.2) is 12.3 Å². The summed E-state index contributed by atoms with van der Waals surface area (Å²) in [4.78, 5) is 0. The molecule has 0 saturated heterocycles. The van der Waals surface area contributed by atoms with Gasteiger partial charge in [0.05, 0.1) is 12.3 Å². The zero-order valence-corrected chi connectivity index (χ0v) is 8.54. The zero-order valence-electron chi connectivity index (χ0n) is 7.72. The predicted octanol–water partition coefficient (Wildman–Crippen LogP) is 2.31. The third-order valence-corrected chi connectivity index (χ3v) is 2.32. The zero-order chi connectivity index (χ0) is 8.04. The molecule has 0 heterocycles. The number of halogens is 1. The SMILES string of the molecule is CCC(CC)(CC)OCN.Cl. The smallest absolute Gasteiger partial charge is 0.0947 e. The third kappa shape index (κ3) is 3.94. The van der Waals surface area contributed by atoms with Crippen molar-refractivity contribution < 1.29 is 4.74 Å². The van der Waals surface area contributed by atoms with Crippen LogP contribution in [0.4, 0.5) is 0 Å². The molecule has 2 nitrogen and oxygen atoms in total. The van der Waals surface area contributed by atoms with Crippen molar-refractivity contribution in [2.45, 2.75) is 45.6 Å². The van der Waals surface area contributed by atoms with E-state index < -0.39 is 0 Å². The molecular formula is C8H20ClNO. The molecule has 0 aliphatic rings. The lowest BCUT2D eigenvalue weighted by Crippen LogP contribution is -2.32. The highest BCUT2D eigenvalue weighted by Gasteiger charge is 2.23. The molecule has 0 saturated carbocycles. The molecule has 0 radical (unpaired) electrons. The highest BCUT2D eigenvalue weighted by atomic mass is 35.5. The van der Waals surface area contributed by atoms with Crippen molar-refractivity contribution in [3.8, 4) is 0 Å². The molecule has 0 rings (SSSR count). The molecule has 0 aromatic heterocycles. The normalized spacial score (nSPS) is 10.9. The Hall–Kier alpha value is 0.210. The molecule has 0 spiro atoms. The summed E-state index contributed by atoms with van der Waals surface area (Å²) < 4.78 is 5.45. The van der Waals surface area contributed by atoms with Crippen LogP contribution in [0.15, 0.2) is 0 Å². The van der Waals surface area contributed by atoms with Gasteiger partial charge in [-0.2, -0.15) is 0 Å². The molecule has 0 aliphatic heterocycles. The first-order chi connectivity index (χ1) is 4.74. The monoisotopic (exact) mass is 181 g/mol. The Balaban J connectivity index is 0. The van der Waals surface area contributed by atoms with Gasteiger partial charge in [-0.3, -0.25) is 0 Å². The largest absolute Gasteiger partial charge is 0.360 e. The maximum atomic E-state index is 5.45. The summed E-state index contributed by atoms with van der Waals surface area (Å²) in [6.07, 6.45) is 3.16. The molecule has 0 aromatic rings. The second-order valence-corrected chi connectivity index (χ2v) is 2.55. The van der Waals surface area contributed by atoms with Gasteiger partial charge in [0.2, 0.25) is 0 Å². The van der Waals surface area contributed by atoms with Crippen molar-refractivity contribution in [1.82, 2.24) is 0 Å². The van der Waals surface area contributed by atoms with Crippen molar-refractivity contribution >= 4 is 12.4 Å². The number of hydrogen-bond donors (Lipinski definition) is 1. The van der Waals surface area contributed by atoms with Gasteiger partial charge in [-0.25, -0.2) is 0 Å². The average Bonchev–Trinajstić information content (AvgIpc) is 2.01. The van der Waals surface area contributed by atoms with Crippen molar-refractivity contribution in [3.63, 3.8) is 0 Å². The lowest BCUT2D eigenvalue weighted by Gasteiger charge is -2.29. The van der Waals surface area contributed by atoms with E-state index in [1.165, 1.54) is 0 Å². The standard InChI is InChI=1S/C8H19NO.ClH/c1-4-8(5-2,6-3)10-7-9;/h4-7,9H2,1-3H3;1H. The molecule has 70 valence electrons. The summed E-state index contributed by atoms with van der Waals surface area (Å²) in [5.41, 5.74) is 5.37. The van der Waals surface area contributed by atoms with Gasteiger partial charge in [0.25, 0.3) is 0 Å². The Morgan fingerprint density at radius 3 is 1.55 bits per heavy atom. The van der Waals surface area contributed by atoms with E-state index in [0.717, 1.165) is 19.3 Å². The van der Waals surface area contributed by atoms with Crippen LogP contribution in [0.25, 0.3) is 0 Å². The number of ether oxygens (including phenoxy) is 1. The quantitative estimate of drug-likeness (QED) is 0.661. The van der Waals surface area contributed by atoms with Gasteiger partial charge in [-0.05, 0) is 19.3 Å². The van der Waals surface area contributed by atoms with Crippen LogP contribution < -0.4 is 5.73 Å². The van der Waals surface area contributed by atoms with E-state index in [9.17, 15) is 0 Å². The second kappa shape index (κ2) is 6.89. The van der Waals surface area contributed by atoms with Gasteiger partial charge < -0.3 is 10.5 Å². The number of hydrogen-bond acceptors (Lipinski definition) is 2. The summed E-state index contributed by atoms with van der Waals surface area (Å²) in [6, 6.07) is 0. The Bertz CT molecular complexity index is 75.9. The third-order valence-electron chi connectivity index (χ3n) is 2.32. The van der Waals surface area contributed by atoms with E-state index in [1.54, 1.807) is 0 Å². The summed E-state index contributed by atoms with van der Waals surface area (Å²) >= 11 is 0. The fraction of sp³-hybridized carbons (Fsp3) is 1.00. The predicted molar refractivity (Wildman–Crippen MR) is 51.0 cm³/mol. The molecule has 0 atom stereocenters. The molecule has 0 aromatic carbocycles. The molecule has 11 heavy (non-hydrogen) atoms. The first-order valence-corrected chi connectivity index (χ1v) is 4.08. The molecule has 2 N–H and O–H groups in total. The Labute approximate surface area is 75.9 Å². The first kappa shape index (κ1) is 13.8. The maximum absolute atomic E-state index is 5.45. The second-order valence-electron chi connectivity index (χ2n) is 2.55. The lowest BCUT2D eigenvalue weighted by molar-refractivity contribution is -0.0511. The fourth-order valence-electron chi connectivity index (χ4n) is 1.23. The van der Waals surface area contributed by atoms with Crippen LogP contribution in [0.2, 0.25) is 0 Å². The van der Waals surface area contributed by atoms with Crippen LogP contribution in [0.3, 0.4) is 0 Å². The van der Waals surface area contributed by atoms with Crippen LogP contribution in [0.5, 0.6) is 0 Å². The van der Waals surface area contributed by atoms with Crippen molar-refractivity contribution in [2.24, 2.45) is 5.73 Å². The minimum Gasteiger partial charge on any atom is -0.360 e. The molecule has 0 amide bonds.